The van der Waals surface area contributed by atoms with Crippen molar-refractivity contribution < 1.29 is 0 Å². The zero-order valence-electron chi connectivity index (χ0n) is 33.0. The molecule has 0 radical (unpaired) electrons. The minimum atomic E-state index is 1.03. The summed E-state index contributed by atoms with van der Waals surface area (Å²) in [6.07, 6.45) is 1.93. The molecule has 0 atom stereocenters. The van der Waals surface area contributed by atoms with Gasteiger partial charge in [0.05, 0.1) is 16.6 Å². The average molecular weight is 771 g/mol. The molecule has 1 aliphatic rings. The summed E-state index contributed by atoms with van der Waals surface area (Å²) >= 11 is 0. The van der Waals surface area contributed by atoms with Gasteiger partial charge in [-0.2, -0.15) is 0 Å². The van der Waals surface area contributed by atoms with Crippen LogP contribution in [0, 0.1) is 0 Å². The first-order valence-electron chi connectivity index (χ1n) is 21.1. The van der Waals surface area contributed by atoms with Crippen LogP contribution in [0.25, 0.3) is 137 Å². The van der Waals surface area contributed by atoms with Crippen molar-refractivity contribution in [3.63, 3.8) is 0 Å². The van der Waals surface area contributed by atoms with Crippen LogP contribution >= 0.6 is 0 Å². The van der Waals surface area contributed by atoms with Crippen molar-refractivity contribution in [1.29, 1.82) is 0 Å². The van der Waals surface area contributed by atoms with Gasteiger partial charge in [0.25, 0.3) is 0 Å². The van der Waals surface area contributed by atoms with E-state index in [1.54, 1.807) is 0 Å². The molecule has 11 aromatic carbocycles. The minimum absolute atomic E-state index is 1.03. The zero-order chi connectivity index (χ0) is 39.8. The summed E-state index contributed by atoms with van der Waals surface area (Å²) in [5.41, 5.74) is 17.2. The summed E-state index contributed by atoms with van der Waals surface area (Å²) in [7, 11) is 0. The Kier molecular flexibility index (Phi) is 6.59. The van der Waals surface area contributed by atoms with Gasteiger partial charge in [-0.25, -0.2) is 0 Å². The van der Waals surface area contributed by atoms with Gasteiger partial charge in [-0.1, -0.05) is 170 Å². The summed E-state index contributed by atoms with van der Waals surface area (Å²) < 4.78 is 2.40. The van der Waals surface area contributed by atoms with E-state index in [4.69, 9.17) is 4.98 Å². The van der Waals surface area contributed by atoms with Crippen LogP contribution in [0.4, 0.5) is 0 Å². The first-order valence-corrected chi connectivity index (χ1v) is 21.1. The Labute approximate surface area is 351 Å². The molecule has 2 nitrogen and oxygen atoms in total. The minimum Gasteiger partial charge on any atom is -0.308 e. The maximum absolute atomic E-state index is 5.02. The van der Waals surface area contributed by atoms with Crippen LogP contribution in [0.1, 0.15) is 0 Å². The van der Waals surface area contributed by atoms with Gasteiger partial charge in [0, 0.05) is 17.3 Å². The van der Waals surface area contributed by atoms with Crippen molar-refractivity contribution in [3.8, 4) is 61.3 Å². The molecular weight excluding hydrogens is 737 g/mol. The van der Waals surface area contributed by atoms with Crippen LogP contribution in [0.2, 0.25) is 0 Å². The number of nitrogens with zero attached hydrogens (tertiary/aromatic N) is 2. The molecule has 2 heterocycles. The summed E-state index contributed by atoms with van der Waals surface area (Å²) in [6, 6.07) is 74.1. The number of hydrogen-bond donors (Lipinski definition) is 0. The molecule has 61 heavy (non-hydrogen) atoms. The van der Waals surface area contributed by atoms with Gasteiger partial charge < -0.3 is 4.57 Å². The van der Waals surface area contributed by atoms with E-state index in [-0.39, 0.29) is 0 Å². The van der Waals surface area contributed by atoms with Crippen molar-refractivity contribution in [2.45, 2.75) is 0 Å². The zero-order valence-corrected chi connectivity index (χ0v) is 33.0. The van der Waals surface area contributed by atoms with Gasteiger partial charge in [-0.3, -0.25) is 4.98 Å². The molecule has 0 unspecified atom stereocenters. The molecule has 280 valence electrons. The third kappa shape index (κ3) is 4.43. The predicted octanol–water partition coefficient (Wildman–Crippen LogP) is 16.0. The number of hydrogen-bond acceptors (Lipinski definition) is 1. The Balaban J connectivity index is 0.981. The monoisotopic (exact) mass is 770 g/mol. The van der Waals surface area contributed by atoms with Crippen molar-refractivity contribution in [1.82, 2.24) is 9.55 Å². The molecule has 2 aromatic heterocycles. The fourth-order valence-electron chi connectivity index (χ4n) is 11.0. The van der Waals surface area contributed by atoms with E-state index in [0.29, 0.717) is 0 Å². The highest BCUT2D eigenvalue weighted by Crippen LogP contribution is 2.58. The molecule has 0 N–H and O–H groups in total. The fraction of sp³-hybridized carbons (Fsp3) is 0. The molecule has 0 amide bonds. The Hall–Kier alpha value is -8.07. The third-order valence-corrected chi connectivity index (χ3v) is 13.5. The first-order chi connectivity index (χ1) is 30.3. The quantitative estimate of drug-likeness (QED) is 0.163. The summed E-state index contributed by atoms with van der Waals surface area (Å²) in [5, 5.41) is 14.0. The molecule has 2 heteroatoms. The summed E-state index contributed by atoms with van der Waals surface area (Å²) in [6.45, 7) is 0. The van der Waals surface area contributed by atoms with Crippen molar-refractivity contribution in [2.24, 2.45) is 0 Å². The second-order valence-corrected chi connectivity index (χ2v) is 16.5. The molecule has 13 aromatic rings. The molecule has 0 saturated carbocycles. The standard InChI is InChI=1S/C59H34N2/c1-3-12-36(13-4-1)52-44-18-7-8-19-45(44)53(37-14-5-2-6-15-37)58-48-32-31-42(43-20-10-21-46(55(43)48)57(52)58)35-25-28-41(29-26-35)61-49-22-11-33-60-59(49)56-47-30-27-39-17-9-16-38-23-24-40(34-50(56)61)54(47)51(38)39/h1-34H. The van der Waals surface area contributed by atoms with Gasteiger partial charge >= 0.3 is 0 Å². The summed E-state index contributed by atoms with van der Waals surface area (Å²) in [4.78, 5) is 5.02. The van der Waals surface area contributed by atoms with E-state index in [0.717, 1.165) is 16.7 Å². The maximum atomic E-state index is 5.02. The molecule has 0 fully saturated rings. The van der Waals surface area contributed by atoms with Gasteiger partial charge in [0.2, 0.25) is 0 Å². The first kappa shape index (κ1) is 32.8. The topological polar surface area (TPSA) is 17.8 Å². The molecular formula is C59H34N2. The van der Waals surface area contributed by atoms with Crippen LogP contribution in [-0.2, 0) is 0 Å². The second-order valence-electron chi connectivity index (χ2n) is 16.5. The Morgan fingerprint density at radius 3 is 1.64 bits per heavy atom. The van der Waals surface area contributed by atoms with Gasteiger partial charge in [0.15, 0.2) is 0 Å². The van der Waals surface area contributed by atoms with Gasteiger partial charge in [0.1, 0.15) is 0 Å². The lowest BCUT2D eigenvalue weighted by molar-refractivity contribution is 1.18. The molecule has 0 bridgehead atoms. The Morgan fingerprint density at radius 1 is 0.311 bits per heavy atom. The lowest BCUT2D eigenvalue weighted by Crippen LogP contribution is -1.94. The van der Waals surface area contributed by atoms with Crippen molar-refractivity contribution in [2.75, 3.05) is 0 Å². The largest absolute Gasteiger partial charge is 0.308 e. The van der Waals surface area contributed by atoms with E-state index in [2.05, 4.69) is 205 Å². The fourth-order valence-corrected chi connectivity index (χ4v) is 11.0. The molecule has 14 rings (SSSR count). The van der Waals surface area contributed by atoms with E-state index < -0.39 is 0 Å². The number of pyridine rings is 1. The van der Waals surface area contributed by atoms with E-state index in [1.165, 1.54) is 120 Å². The van der Waals surface area contributed by atoms with Gasteiger partial charge in [-0.15, -0.1) is 0 Å². The molecule has 0 saturated heterocycles. The summed E-state index contributed by atoms with van der Waals surface area (Å²) in [5.74, 6) is 0. The van der Waals surface area contributed by atoms with E-state index in [1.807, 2.05) is 6.20 Å². The van der Waals surface area contributed by atoms with E-state index in [9.17, 15) is 0 Å². The van der Waals surface area contributed by atoms with Crippen LogP contribution in [0.15, 0.2) is 206 Å². The van der Waals surface area contributed by atoms with Gasteiger partial charge in [-0.05, 0) is 140 Å². The van der Waals surface area contributed by atoms with Crippen LogP contribution < -0.4 is 0 Å². The molecule has 0 spiro atoms. The average Bonchev–Trinajstić information content (AvgIpc) is 3.84. The molecule has 1 aliphatic carbocycles. The SMILES string of the molecule is c1ccc(-c2c3c(c(-c4ccccc4)c4ccccc24)-c2ccc(-c4ccc(-n5c6cccnc6c6c7ccc8cccc9ccc(cc65)c7c98)cc4)c4cccc-3c24)cc1. The van der Waals surface area contributed by atoms with Crippen LogP contribution in [0.3, 0.4) is 0 Å². The van der Waals surface area contributed by atoms with E-state index >= 15 is 0 Å². The maximum Gasteiger partial charge on any atom is 0.0969 e. The highest BCUT2D eigenvalue weighted by Gasteiger charge is 2.31. The smallest absolute Gasteiger partial charge is 0.0969 e. The number of benzene rings is 11. The predicted molar refractivity (Wildman–Crippen MR) is 258 cm³/mol. The van der Waals surface area contributed by atoms with Crippen LogP contribution in [0.5, 0.6) is 0 Å². The lowest BCUT2D eigenvalue weighted by Gasteiger charge is -2.20. The lowest BCUT2D eigenvalue weighted by atomic mass is 9.82. The number of fused-ring (bicyclic) bond motifs is 8. The number of aromatic nitrogens is 2. The highest BCUT2D eigenvalue weighted by atomic mass is 15.0. The highest BCUT2D eigenvalue weighted by molar-refractivity contribution is 6.33. The normalized spacial score (nSPS) is 12.3. The van der Waals surface area contributed by atoms with Crippen molar-refractivity contribution >= 4 is 75.8 Å². The van der Waals surface area contributed by atoms with Crippen LogP contribution in [-0.4, -0.2) is 9.55 Å². The van der Waals surface area contributed by atoms with Crippen molar-refractivity contribution in [3.05, 3.63) is 206 Å². The Morgan fingerprint density at radius 2 is 0.918 bits per heavy atom. The number of rotatable bonds is 4. The third-order valence-electron chi connectivity index (χ3n) is 13.5. The second kappa shape index (κ2) is 12.2. The Bertz CT molecular complexity index is 3840. The molecule has 0 aliphatic heterocycles.